The summed E-state index contributed by atoms with van der Waals surface area (Å²) in [6.45, 7) is 0.246. The fourth-order valence-electron chi connectivity index (χ4n) is 1.48. The SMILES string of the molecule is O=C(CCSc1ccccc1)OCc1ccccn1. The smallest absolute Gasteiger partial charge is 0.307 e. The second kappa shape index (κ2) is 7.59. The highest BCUT2D eigenvalue weighted by atomic mass is 32.2. The maximum absolute atomic E-state index is 11.5. The number of carbonyl (C=O) groups excluding carboxylic acids is 1. The van der Waals surface area contributed by atoms with Gasteiger partial charge in [-0.3, -0.25) is 9.78 Å². The van der Waals surface area contributed by atoms with E-state index in [-0.39, 0.29) is 12.6 Å². The Kier molecular flexibility index (Phi) is 5.44. The van der Waals surface area contributed by atoms with E-state index in [1.807, 2.05) is 48.5 Å². The lowest BCUT2D eigenvalue weighted by atomic mass is 10.4. The molecule has 0 aliphatic heterocycles. The number of benzene rings is 1. The van der Waals surface area contributed by atoms with Gasteiger partial charge in [-0.05, 0) is 24.3 Å². The third-order valence-corrected chi connectivity index (χ3v) is 3.44. The van der Waals surface area contributed by atoms with Crippen LogP contribution in [0.15, 0.2) is 59.6 Å². The maximum atomic E-state index is 11.5. The second-order valence-corrected chi connectivity index (χ2v) is 5.06. The van der Waals surface area contributed by atoms with Gasteiger partial charge < -0.3 is 4.74 Å². The normalized spacial score (nSPS) is 10.1. The van der Waals surface area contributed by atoms with Crippen molar-refractivity contribution >= 4 is 17.7 Å². The number of rotatable bonds is 6. The molecular formula is C15H15NO2S. The van der Waals surface area contributed by atoms with E-state index in [9.17, 15) is 4.79 Å². The van der Waals surface area contributed by atoms with Gasteiger partial charge in [-0.25, -0.2) is 0 Å². The van der Waals surface area contributed by atoms with Gasteiger partial charge in [-0.2, -0.15) is 0 Å². The Morgan fingerprint density at radius 2 is 1.89 bits per heavy atom. The number of carbonyl (C=O) groups is 1. The molecule has 0 bridgehead atoms. The Bertz CT molecular complexity index is 502. The molecule has 0 unspecified atom stereocenters. The molecule has 1 heterocycles. The van der Waals surface area contributed by atoms with E-state index >= 15 is 0 Å². The summed E-state index contributed by atoms with van der Waals surface area (Å²) < 4.78 is 5.15. The van der Waals surface area contributed by atoms with Gasteiger partial charge in [0.2, 0.25) is 0 Å². The van der Waals surface area contributed by atoms with Gasteiger partial charge in [-0.1, -0.05) is 24.3 Å². The van der Waals surface area contributed by atoms with E-state index in [4.69, 9.17) is 4.74 Å². The minimum atomic E-state index is -0.186. The Morgan fingerprint density at radius 1 is 1.11 bits per heavy atom. The van der Waals surface area contributed by atoms with Gasteiger partial charge >= 0.3 is 5.97 Å². The zero-order valence-electron chi connectivity index (χ0n) is 10.5. The van der Waals surface area contributed by atoms with Crippen LogP contribution in [0.2, 0.25) is 0 Å². The highest BCUT2D eigenvalue weighted by molar-refractivity contribution is 7.99. The van der Waals surface area contributed by atoms with Crippen LogP contribution in [-0.2, 0) is 16.1 Å². The number of ether oxygens (including phenoxy) is 1. The number of aromatic nitrogens is 1. The molecule has 0 atom stereocenters. The van der Waals surface area contributed by atoms with Crippen LogP contribution in [-0.4, -0.2) is 16.7 Å². The number of thioether (sulfide) groups is 1. The van der Waals surface area contributed by atoms with Crippen LogP contribution in [0.25, 0.3) is 0 Å². The largest absolute Gasteiger partial charge is 0.459 e. The van der Waals surface area contributed by atoms with Crippen LogP contribution in [0.1, 0.15) is 12.1 Å². The molecule has 1 aromatic heterocycles. The molecule has 0 N–H and O–H groups in total. The standard InChI is InChI=1S/C15H15NO2S/c17-15(18-12-13-6-4-5-10-16-13)9-11-19-14-7-2-1-3-8-14/h1-8,10H,9,11-12H2. The molecule has 2 rings (SSSR count). The zero-order chi connectivity index (χ0) is 13.3. The van der Waals surface area contributed by atoms with Crippen molar-refractivity contribution < 1.29 is 9.53 Å². The predicted octanol–water partition coefficient (Wildman–Crippen LogP) is 3.31. The summed E-state index contributed by atoms with van der Waals surface area (Å²) >= 11 is 1.65. The summed E-state index contributed by atoms with van der Waals surface area (Å²) in [5.41, 5.74) is 0.770. The molecule has 0 saturated carbocycles. The van der Waals surface area contributed by atoms with E-state index in [0.29, 0.717) is 6.42 Å². The summed E-state index contributed by atoms with van der Waals surface area (Å²) in [5.74, 6) is 0.541. The molecule has 4 heteroatoms. The number of hydrogen-bond donors (Lipinski definition) is 0. The van der Waals surface area contributed by atoms with Crippen molar-refractivity contribution in [1.29, 1.82) is 0 Å². The Hall–Kier alpha value is -1.81. The average Bonchev–Trinajstić information content (AvgIpc) is 2.47. The van der Waals surface area contributed by atoms with Crippen LogP contribution >= 0.6 is 11.8 Å². The molecule has 0 spiro atoms. The number of hydrogen-bond acceptors (Lipinski definition) is 4. The molecule has 1 aromatic carbocycles. The molecule has 0 saturated heterocycles. The fraction of sp³-hybridized carbons (Fsp3) is 0.200. The third-order valence-electron chi connectivity index (χ3n) is 2.43. The summed E-state index contributed by atoms with van der Waals surface area (Å²) in [6.07, 6.45) is 2.10. The van der Waals surface area contributed by atoms with Crippen LogP contribution in [0.4, 0.5) is 0 Å². The molecule has 0 fully saturated rings. The van der Waals surface area contributed by atoms with E-state index in [1.54, 1.807) is 18.0 Å². The molecular weight excluding hydrogens is 258 g/mol. The van der Waals surface area contributed by atoms with Crippen molar-refractivity contribution in [1.82, 2.24) is 4.98 Å². The fourth-order valence-corrected chi connectivity index (χ4v) is 2.33. The van der Waals surface area contributed by atoms with E-state index in [1.165, 1.54) is 4.90 Å². The molecule has 0 amide bonds. The minimum Gasteiger partial charge on any atom is -0.459 e. The van der Waals surface area contributed by atoms with E-state index in [2.05, 4.69) is 4.98 Å². The van der Waals surface area contributed by atoms with Crippen molar-refractivity contribution in [3.63, 3.8) is 0 Å². The molecule has 98 valence electrons. The number of esters is 1. The van der Waals surface area contributed by atoms with Crippen LogP contribution in [0, 0.1) is 0 Å². The van der Waals surface area contributed by atoms with Gasteiger partial charge in [0.25, 0.3) is 0 Å². The first-order valence-electron chi connectivity index (χ1n) is 6.08. The third kappa shape index (κ3) is 5.14. The first-order chi connectivity index (χ1) is 9.34. The van der Waals surface area contributed by atoms with E-state index in [0.717, 1.165) is 11.4 Å². The molecule has 2 aromatic rings. The lowest BCUT2D eigenvalue weighted by Gasteiger charge is -2.04. The van der Waals surface area contributed by atoms with Crippen molar-refractivity contribution in [3.05, 3.63) is 60.4 Å². The van der Waals surface area contributed by atoms with Crippen molar-refractivity contribution in [2.24, 2.45) is 0 Å². The Balaban J connectivity index is 1.65. The summed E-state index contributed by atoms with van der Waals surface area (Å²) in [6, 6.07) is 15.6. The Labute approximate surface area is 117 Å². The lowest BCUT2D eigenvalue weighted by molar-refractivity contribution is -0.144. The van der Waals surface area contributed by atoms with Crippen molar-refractivity contribution in [3.8, 4) is 0 Å². The van der Waals surface area contributed by atoms with Gasteiger partial charge in [0.15, 0.2) is 0 Å². The first kappa shape index (κ1) is 13.6. The monoisotopic (exact) mass is 273 g/mol. The second-order valence-electron chi connectivity index (χ2n) is 3.89. The molecule has 19 heavy (non-hydrogen) atoms. The topological polar surface area (TPSA) is 39.2 Å². The Morgan fingerprint density at radius 3 is 2.63 bits per heavy atom. The molecule has 0 aliphatic carbocycles. The summed E-state index contributed by atoms with van der Waals surface area (Å²) in [4.78, 5) is 16.8. The van der Waals surface area contributed by atoms with Gasteiger partial charge in [0.1, 0.15) is 6.61 Å². The zero-order valence-corrected chi connectivity index (χ0v) is 11.3. The van der Waals surface area contributed by atoms with Crippen LogP contribution < -0.4 is 0 Å². The maximum Gasteiger partial charge on any atom is 0.307 e. The minimum absolute atomic E-state index is 0.186. The first-order valence-corrected chi connectivity index (χ1v) is 7.06. The quantitative estimate of drug-likeness (QED) is 0.598. The van der Waals surface area contributed by atoms with E-state index < -0.39 is 0 Å². The van der Waals surface area contributed by atoms with Crippen LogP contribution in [0.5, 0.6) is 0 Å². The molecule has 0 aliphatic rings. The average molecular weight is 273 g/mol. The summed E-state index contributed by atoms with van der Waals surface area (Å²) in [7, 11) is 0. The molecule has 0 radical (unpaired) electrons. The van der Waals surface area contributed by atoms with Gasteiger partial charge in [-0.15, -0.1) is 11.8 Å². The predicted molar refractivity (Wildman–Crippen MR) is 75.8 cm³/mol. The van der Waals surface area contributed by atoms with Crippen LogP contribution in [0.3, 0.4) is 0 Å². The number of pyridine rings is 1. The lowest BCUT2D eigenvalue weighted by Crippen LogP contribution is -2.06. The highest BCUT2D eigenvalue weighted by Gasteiger charge is 2.04. The number of nitrogens with zero attached hydrogens (tertiary/aromatic N) is 1. The van der Waals surface area contributed by atoms with Crippen molar-refractivity contribution in [2.75, 3.05) is 5.75 Å². The van der Waals surface area contributed by atoms with Gasteiger partial charge in [0.05, 0.1) is 12.1 Å². The highest BCUT2D eigenvalue weighted by Crippen LogP contribution is 2.17. The summed E-state index contributed by atoms with van der Waals surface area (Å²) in [5, 5.41) is 0. The van der Waals surface area contributed by atoms with Gasteiger partial charge in [0, 0.05) is 16.8 Å². The van der Waals surface area contributed by atoms with Crippen molar-refractivity contribution in [2.45, 2.75) is 17.9 Å². The molecule has 3 nitrogen and oxygen atoms in total.